The average molecular weight is 497 g/mol. The highest BCUT2D eigenvalue weighted by molar-refractivity contribution is 7.99. The van der Waals surface area contributed by atoms with E-state index < -0.39 is 9.84 Å². The number of sulfone groups is 1. The maximum absolute atomic E-state index is 13.5. The van der Waals surface area contributed by atoms with Gasteiger partial charge in [-0.25, -0.2) is 8.42 Å². The number of para-hydroxylation sites is 1. The molecule has 2 aromatic carbocycles. The molecule has 0 N–H and O–H groups in total. The molecule has 0 radical (unpaired) electrons. The van der Waals surface area contributed by atoms with Crippen LogP contribution in [0.15, 0.2) is 65.8 Å². The molecule has 1 aliphatic heterocycles. The summed E-state index contributed by atoms with van der Waals surface area (Å²) < 4.78 is 26.3. The van der Waals surface area contributed by atoms with Gasteiger partial charge in [-0.3, -0.25) is 9.36 Å². The minimum Gasteiger partial charge on any atom is -0.335 e. The largest absolute Gasteiger partial charge is 0.335 e. The van der Waals surface area contributed by atoms with Crippen molar-refractivity contribution >= 4 is 27.5 Å². The first kappa shape index (κ1) is 23.1. The molecule has 0 spiro atoms. The standard InChI is InChI=1S/C25H28N4O3S2/c30-23(28(20-13-7-8-14-20)22-15-16-34(31,32)18-22)17-33-25-27-26-24(19-9-3-1-4-10-19)29(25)21-11-5-2-6-12-21/h1-6,9-12,20,22H,7-8,13-18H2/t22-/m1/s1. The number of thioether (sulfide) groups is 1. The van der Waals surface area contributed by atoms with Gasteiger partial charge in [-0.1, -0.05) is 73.1 Å². The van der Waals surface area contributed by atoms with E-state index >= 15 is 0 Å². The Morgan fingerprint density at radius 2 is 1.62 bits per heavy atom. The lowest BCUT2D eigenvalue weighted by Crippen LogP contribution is -2.47. The average Bonchev–Trinajstić information content (AvgIpc) is 3.59. The van der Waals surface area contributed by atoms with Gasteiger partial charge in [0.25, 0.3) is 0 Å². The summed E-state index contributed by atoms with van der Waals surface area (Å²) in [7, 11) is -3.07. The number of rotatable bonds is 7. The highest BCUT2D eigenvalue weighted by Gasteiger charge is 2.39. The molecule has 1 saturated carbocycles. The molecule has 1 amide bonds. The molecule has 9 heteroatoms. The monoisotopic (exact) mass is 496 g/mol. The van der Waals surface area contributed by atoms with Crippen molar-refractivity contribution in [2.45, 2.75) is 49.3 Å². The lowest BCUT2D eigenvalue weighted by atomic mass is 10.1. The Morgan fingerprint density at radius 3 is 2.26 bits per heavy atom. The third-order valence-electron chi connectivity index (χ3n) is 6.61. The second-order valence-electron chi connectivity index (χ2n) is 8.93. The third kappa shape index (κ3) is 4.90. The predicted molar refractivity (Wildman–Crippen MR) is 134 cm³/mol. The lowest BCUT2D eigenvalue weighted by molar-refractivity contribution is -0.132. The SMILES string of the molecule is O=C(CSc1nnc(-c2ccccc2)n1-c1ccccc1)N(C1CCCC1)[C@@H]1CCS(=O)(=O)C1. The van der Waals surface area contributed by atoms with Crippen molar-refractivity contribution in [3.8, 4) is 17.1 Å². The Bertz CT molecular complexity index is 1240. The number of carbonyl (C=O) groups is 1. The Labute approximate surface area is 204 Å². The van der Waals surface area contributed by atoms with E-state index in [0.717, 1.165) is 42.8 Å². The summed E-state index contributed by atoms with van der Waals surface area (Å²) in [4.78, 5) is 15.4. The van der Waals surface area contributed by atoms with Gasteiger partial charge in [0.05, 0.1) is 17.3 Å². The van der Waals surface area contributed by atoms with Crippen molar-refractivity contribution in [3.05, 3.63) is 60.7 Å². The van der Waals surface area contributed by atoms with Gasteiger partial charge in [-0.15, -0.1) is 10.2 Å². The molecular formula is C25H28N4O3S2. The molecule has 34 heavy (non-hydrogen) atoms. The van der Waals surface area contributed by atoms with Crippen molar-refractivity contribution in [2.24, 2.45) is 0 Å². The lowest BCUT2D eigenvalue weighted by Gasteiger charge is -2.34. The highest BCUT2D eigenvalue weighted by atomic mass is 32.2. The minimum absolute atomic E-state index is 0.0112. The van der Waals surface area contributed by atoms with Gasteiger partial charge in [-0.05, 0) is 31.4 Å². The molecular weight excluding hydrogens is 468 g/mol. The first-order valence-corrected chi connectivity index (χ1v) is 14.5. The van der Waals surface area contributed by atoms with Crippen LogP contribution in [0.3, 0.4) is 0 Å². The van der Waals surface area contributed by atoms with E-state index in [1.54, 1.807) is 0 Å². The quantitative estimate of drug-likeness (QED) is 0.460. The molecule has 2 aliphatic rings. The summed E-state index contributed by atoms with van der Waals surface area (Å²) in [5, 5.41) is 9.52. The zero-order valence-electron chi connectivity index (χ0n) is 18.9. The number of aromatic nitrogens is 3. The summed E-state index contributed by atoms with van der Waals surface area (Å²) in [6.07, 6.45) is 4.61. The van der Waals surface area contributed by atoms with E-state index in [2.05, 4.69) is 10.2 Å². The molecule has 2 fully saturated rings. The fourth-order valence-corrected chi connectivity index (χ4v) is 7.56. The third-order valence-corrected chi connectivity index (χ3v) is 9.28. The number of hydrogen-bond donors (Lipinski definition) is 0. The Kier molecular flexibility index (Phi) is 6.74. The smallest absolute Gasteiger partial charge is 0.233 e. The van der Waals surface area contributed by atoms with E-state index in [4.69, 9.17) is 0 Å². The molecule has 3 aromatic rings. The van der Waals surface area contributed by atoms with E-state index in [0.29, 0.717) is 11.6 Å². The molecule has 1 atom stereocenters. The van der Waals surface area contributed by atoms with Crippen molar-refractivity contribution in [1.82, 2.24) is 19.7 Å². The Morgan fingerprint density at radius 1 is 0.941 bits per heavy atom. The zero-order valence-corrected chi connectivity index (χ0v) is 20.5. The van der Waals surface area contributed by atoms with Crippen LogP contribution in [0.25, 0.3) is 17.1 Å². The van der Waals surface area contributed by atoms with Gasteiger partial charge in [0.15, 0.2) is 20.8 Å². The van der Waals surface area contributed by atoms with Crippen LogP contribution in [0.5, 0.6) is 0 Å². The summed E-state index contributed by atoms with van der Waals surface area (Å²) in [5.41, 5.74) is 1.87. The topological polar surface area (TPSA) is 85.2 Å². The van der Waals surface area contributed by atoms with Crippen LogP contribution in [-0.2, 0) is 14.6 Å². The second-order valence-corrected chi connectivity index (χ2v) is 12.1. The van der Waals surface area contributed by atoms with Crippen LogP contribution in [-0.4, -0.2) is 63.3 Å². The van der Waals surface area contributed by atoms with Gasteiger partial charge in [0.2, 0.25) is 5.91 Å². The molecule has 178 valence electrons. The fraction of sp³-hybridized carbons (Fsp3) is 0.400. The number of benzene rings is 2. The minimum atomic E-state index is -3.07. The van der Waals surface area contributed by atoms with E-state index in [-0.39, 0.29) is 35.2 Å². The van der Waals surface area contributed by atoms with Gasteiger partial charge in [0, 0.05) is 23.3 Å². The Balaban J connectivity index is 1.41. The van der Waals surface area contributed by atoms with Crippen LogP contribution in [0.4, 0.5) is 0 Å². The molecule has 0 unspecified atom stereocenters. The van der Waals surface area contributed by atoms with Crippen LogP contribution in [0.2, 0.25) is 0 Å². The molecule has 2 heterocycles. The molecule has 1 aromatic heterocycles. The van der Waals surface area contributed by atoms with Crippen LogP contribution >= 0.6 is 11.8 Å². The van der Waals surface area contributed by atoms with E-state index in [9.17, 15) is 13.2 Å². The number of amides is 1. The first-order valence-electron chi connectivity index (χ1n) is 11.7. The van der Waals surface area contributed by atoms with Crippen LogP contribution in [0.1, 0.15) is 32.1 Å². The maximum Gasteiger partial charge on any atom is 0.233 e. The van der Waals surface area contributed by atoms with Crippen LogP contribution in [0, 0.1) is 0 Å². The van der Waals surface area contributed by atoms with E-state index in [1.165, 1.54) is 11.8 Å². The number of nitrogens with zero attached hydrogens (tertiary/aromatic N) is 4. The molecule has 5 rings (SSSR count). The van der Waals surface area contributed by atoms with Crippen molar-refractivity contribution < 1.29 is 13.2 Å². The molecule has 1 aliphatic carbocycles. The van der Waals surface area contributed by atoms with Gasteiger partial charge in [0.1, 0.15) is 0 Å². The summed E-state index contributed by atoms with van der Waals surface area (Å²) in [5.74, 6) is 1.16. The van der Waals surface area contributed by atoms with Gasteiger partial charge in [-0.2, -0.15) is 0 Å². The zero-order chi connectivity index (χ0) is 23.5. The predicted octanol–water partition coefficient (Wildman–Crippen LogP) is 3.98. The molecule has 7 nitrogen and oxygen atoms in total. The maximum atomic E-state index is 13.5. The Hall–Kier alpha value is -2.65. The van der Waals surface area contributed by atoms with Crippen LogP contribution < -0.4 is 0 Å². The number of hydrogen-bond acceptors (Lipinski definition) is 6. The molecule has 0 bridgehead atoms. The van der Waals surface area contributed by atoms with Gasteiger partial charge >= 0.3 is 0 Å². The van der Waals surface area contributed by atoms with Crippen molar-refractivity contribution in [2.75, 3.05) is 17.3 Å². The normalized spacial score (nSPS) is 19.9. The summed E-state index contributed by atoms with van der Waals surface area (Å²) >= 11 is 1.36. The molecule has 1 saturated heterocycles. The highest BCUT2D eigenvalue weighted by Crippen LogP contribution is 2.32. The van der Waals surface area contributed by atoms with E-state index in [1.807, 2.05) is 70.1 Å². The second kappa shape index (κ2) is 9.92. The fourth-order valence-electron chi connectivity index (χ4n) is 5.03. The number of carbonyl (C=O) groups excluding carboxylic acids is 1. The van der Waals surface area contributed by atoms with Crippen molar-refractivity contribution in [1.29, 1.82) is 0 Å². The first-order chi connectivity index (χ1) is 16.5. The summed E-state index contributed by atoms with van der Waals surface area (Å²) in [6, 6.07) is 19.7. The van der Waals surface area contributed by atoms with Crippen molar-refractivity contribution in [3.63, 3.8) is 0 Å². The summed E-state index contributed by atoms with van der Waals surface area (Å²) in [6.45, 7) is 0. The van der Waals surface area contributed by atoms with Gasteiger partial charge < -0.3 is 4.90 Å².